The molecule has 17 heavy (non-hydrogen) atoms. The number of amides is 1. The van der Waals surface area contributed by atoms with Crippen molar-refractivity contribution in [3.63, 3.8) is 0 Å². The molecule has 0 fully saturated rings. The van der Waals surface area contributed by atoms with Crippen LogP contribution in [-0.4, -0.2) is 10.9 Å². The van der Waals surface area contributed by atoms with E-state index in [-0.39, 0.29) is 6.42 Å². The number of rotatable bonds is 3. The maximum Gasteiger partial charge on any atom is 0.224 e. The molecular weight excluding hydrogens is 279 g/mol. The van der Waals surface area contributed by atoms with Gasteiger partial charge in [-0.05, 0) is 6.07 Å². The average Bonchev–Trinajstić information content (AvgIpc) is 2.69. The van der Waals surface area contributed by atoms with Crippen molar-refractivity contribution < 1.29 is 4.79 Å². The van der Waals surface area contributed by atoms with Crippen LogP contribution < -0.4 is 5.73 Å². The third kappa shape index (κ3) is 2.77. The highest BCUT2D eigenvalue weighted by Gasteiger charge is 2.11. The zero-order chi connectivity index (χ0) is 12.4. The Morgan fingerprint density at radius 2 is 2.18 bits per heavy atom. The Morgan fingerprint density at radius 3 is 2.88 bits per heavy atom. The molecule has 88 valence electrons. The summed E-state index contributed by atoms with van der Waals surface area (Å²) < 4.78 is 0. The highest BCUT2D eigenvalue weighted by molar-refractivity contribution is 7.10. The molecule has 0 saturated heterocycles. The molecule has 0 bridgehead atoms. The van der Waals surface area contributed by atoms with Gasteiger partial charge in [-0.1, -0.05) is 35.3 Å². The predicted octanol–water partition coefficient (Wildman–Crippen LogP) is 3.14. The molecule has 3 nitrogen and oxygen atoms in total. The summed E-state index contributed by atoms with van der Waals surface area (Å²) in [6.45, 7) is 0. The summed E-state index contributed by atoms with van der Waals surface area (Å²) in [7, 11) is 0. The topological polar surface area (TPSA) is 56.0 Å². The maximum absolute atomic E-state index is 10.8. The van der Waals surface area contributed by atoms with Gasteiger partial charge in [-0.2, -0.15) is 0 Å². The molecular formula is C11H8Cl2N2OS. The number of carbonyl (C=O) groups excluding carboxylic acids is 1. The minimum absolute atomic E-state index is 0.142. The molecule has 2 N–H and O–H groups in total. The van der Waals surface area contributed by atoms with Crippen molar-refractivity contribution in [2.45, 2.75) is 6.42 Å². The van der Waals surface area contributed by atoms with Gasteiger partial charge in [0.2, 0.25) is 5.91 Å². The number of hydrogen-bond donors (Lipinski definition) is 1. The summed E-state index contributed by atoms with van der Waals surface area (Å²) in [6, 6.07) is 5.35. The Balaban J connectivity index is 2.37. The molecule has 2 rings (SSSR count). The third-order valence-electron chi connectivity index (χ3n) is 2.10. The zero-order valence-corrected chi connectivity index (χ0v) is 10.9. The van der Waals surface area contributed by atoms with Crippen LogP contribution in [0.3, 0.4) is 0 Å². The van der Waals surface area contributed by atoms with Crippen LogP contribution >= 0.6 is 34.5 Å². The molecule has 0 unspecified atom stereocenters. The highest BCUT2D eigenvalue weighted by atomic mass is 35.5. The normalized spacial score (nSPS) is 10.5. The first kappa shape index (κ1) is 12.4. The van der Waals surface area contributed by atoms with Crippen molar-refractivity contribution >= 4 is 40.4 Å². The maximum atomic E-state index is 10.8. The molecule has 2 aromatic rings. The summed E-state index contributed by atoms with van der Waals surface area (Å²) in [5.74, 6) is -0.400. The van der Waals surface area contributed by atoms with Crippen LogP contribution in [0.2, 0.25) is 10.0 Å². The standard InChI is InChI=1S/C11H8Cl2N2OS/c12-7-3-1-2-6(11(7)13)8-5-17-10(15-8)4-9(14)16/h1-3,5H,4H2,(H2,14,16). The lowest BCUT2D eigenvalue weighted by atomic mass is 10.2. The molecule has 6 heteroatoms. The molecule has 0 aliphatic heterocycles. The number of halogens is 2. The summed E-state index contributed by atoms with van der Waals surface area (Å²) >= 11 is 13.4. The zero-order valence-electron chi connectivity index (χ0n) is 8.61. The quantitative estimate of drug-likeness (QED) is 0.942. The average molecular weight is 287 g/mol. The minimum Gasteiger partial charge on any atom is -0.369 e. The first-order valence-electron chi connectivity index (χ1n) is 4.75. The SMILES string of the molecule is NC(=O)Cc1nc(-c2cccc(Cl)c2Cl)cs1. The van der Waals surface area contributed by atoms with Gasteiger partial charge < -0.3 is 5.73 Å². The predicted molar refractivity (Wildman–Crippen MR) is 70.5 cm³/mol. The van der Waals surface area contributed by atoms with Crippen molar-refractivity contribution in [3.8, 4) is 11.3 Å². The van der Waals surface area contributed by atoms with E-state index in [0.717, 1.165) is 5.56 Å². The number of primary amides is 1. The molecule has 1 aromatic carbocycles. The van der Waals surface area contributed by atoms with Gasteiger partial charge in [-0.25, -0.2) is 4.98 Å². The monoisotopic (exact) mass is 286 g/mol. The van der Waals surface area contributed by atoms with Gasteiger partial charge >= 0.3 is 0 Å². The molecule has 1 aromatic heterocycles. The highest BCUT2D eigenvalue weighted by Crippen LogP contribution is 2.33. The van der Waals surface area contributed by atoms with Crippen molar-refractivity contribution in [1.82, 2.24) is 4.98 Å². The summed E-state index contributed by atoms with van der Waals surface area (Å²) in [5, 5.41) is 3.44. The van der Waals surface area contributed by atoms with E-state index < -0.39 is 5.91 Å². The second kappa shape index (κ2) is 5.04. The number of thiazole rings is 1. The Kier molecular flexibility index (Phi) is 3.66. The molecule has 0 atom stereocenters. The van der Waals surface area contributed by atoms with Gasteiger partial charge in [-0.15, -0.1) is 11.3 Å². The van der Waals surface area contributed by atoms with Gasteiger partial charge in [0.15, 0.2) is 0 Å². The number of nitrogens with two attached hydrogens (primary N) is 1. The van der Waals surface area contributed by atoms with Gasteiger partial charge in [0.1, 0.15) is 5.01 Å². The van der Waals surface area contributed by atoms with Crippen molar-refractivity contribution in [3.05, 3.63) is 38.6 Å². The molecule has 0 saturated carbocycles. The second-order valence-corrected chi connectivity index (χ2v) is 5.10. The third-order valence-corrected chi connectivity index (χ3v) is 3.77. The number of nitrogens with zero attached hydrogens (tertiary/aromatic N) is 1. The fraction of sp³-hybridized carbons (Fsp3) is 0.0909. The van der Waals surface area contributed by atoms with E-state index in [1.165, 1.54) is 11.3 Å². The smallest absolute Gasteiger partial charge is 0.224 e. The number of carbonyl (C=O) groups is 1. The largest absolute Gasteiger partial charge is 0.369 e. The van der Waals surface area contributed by atoms with E-state index in [1.54, 1.807) is 12.1 Å². The van der Waals surface area contributed by atoms with E-state index in [1.807, 2.05) is 11.4 Å². The van der Waals surface area contributed by atoms with E-state index in [2.05, 4.69) is 4.98 Å². The minimum atomic E-state index is -0.400. The van der Waals surface area contributed by atoms with Crippen LogP contribution in [0.5, 0.6) is 0 Å². The fourth-order valence-corrected chi connectivity index (χ4v) is 2.57. The van der Waals surface area contributed by atoms with E-state index in [9.17, 15) is 4.79 Å². The Morgan fingerprint density at radius 1 is 1.41 bits per heavy atom. The summed E-state index contributed by atoms with van der Waals surface area (Å²) in [4.78, 5) is 15.1. The number of aromatic nitrogens is 1. The number of hydrogen-bond acceptors (Lipinski definition) is 3. The van der Waals surface area contributed by atoms with Crippen molar-refractivity contribution in [1.29, 1.82) is 0 Å². The van der Waals surface area contributed by atoms with E-state index in [4.69, 9.17) is 28.9 Å². The Labute approximate surface area is 112 Å². The lowest BCUT2D eigenvalue weighted by Crippen LogP contribution is -2.13. The molecule has 0 aliphatic carbocycles. The summed E-state index contributed by atoms with van der Waals surface area (Å²) in [6.07, 6.45) is 0.142. The van der Waals surface area contributed by atoms with Crippen LogP contribution in [0.25, 0.3) is 11.3 Å². The molecule has 1 heterocycles. The van der Waals surface area contributed by atoms with Gasteiger partial charge in [-0.3, -0.25) is 4.79 Å². The first-order chi connectivity index (χ1) is 8.08. The van der Waals surface area contributed by atoms with Gasteiger partial charge in [0.25, 0.3) is 0 Å². The first-order valence-corrected chi connectivity index (χ1v) is 6.38. The van der Waals surface area contributed by atoms with Gasteiger partial charge in [0.05, 0.1) is 22.2 Å². The van der Waals surface area contributed by atoms with Crippen LogP contribution in [0, 0.1) is 0 Å². The van der Waals surface area contributed by atoms with Crippen LogP contribution in [0.15, 0.2) is 23.6 Å². The second-order valence-electron chi connectivity index (χ2n) is 3.37. The molecule has 1 amide bonds. The molecule has 0 aliphatic rings. The number of benzene rings is 1. The van der Waals surface area contributed by atoms with Crippen LogP contribution in [-0.2, 0) is 11.2 Å². The molecule has 0 spiro atoms. The molecule has 0 radical (unpaired) electrons. The van der Waals surface area contributed by atoms with E-state index >= 15 is 0 Å². The van der Waals surface area contributed by atoms with Crippen LogP contribution in [0.1, 0.15) is 5.01 Å². The lowest BCUT2D eigenvalue weighted by molar-refractivity contribution is -0.117. The Hall–Kier alpha value is -1.10. The van der Waals surface area contributed by atoms with Crippen molar-refractivity contribution in [2.75, 3.05) is 0 Å². The lowest BCUT2D eigenvalue weighted by Gasteiger charge is -2.01. The fourth-order valence-electron chi connectivity index (χ4n) is 1.37. The van der Waals surface area contributed by atoms with Gasteiger partial charge in [0, 0.05) is 10.9 Å². The Bertz CT molecular complexity index is 568. The van der Waals surface area contributed by atoms with Crippen LogP contribution in [0.4, 0.5) is 0 Å². The summed E-state index contributed by atoms with van der Waals surface area (Å²) in [5.41, 5.74) is 6.57. The van der Waals surface area contributed by atoms with Crippen molar-refractivity contribution in [2.24, 2.45) is 5.73 Å². The van der Waals surface area contributed by atoms with E-state index in [0.29, 0.717) is 20.7 Å².